The highest BCUT2D eigenvalue weighted by atomic mass is 32.2. The van der Waals surface area contributed by atoms with E-state index in [-0.39, 0.29) is 16.9 Å². The minimum absolute atomic E-state index is 0.0341. The lowest BCUT2D eigenvalue weighted by molar-refractivity contribution is -0.136. The highest BCUT2D eigenvalue weighted by Crippen LogP contribution is 2.35. The summed E-state index contributed by atoms with van der Waals surface area (Å²) in [6.45, 7) is 1.97. The molecule has 1 aromatic rings. The van der Waals surface area contributed by atoms with Crippen LogP contribution in [0.3, 0.4) is 0 Å². The number of hydrogen-bond donors (Lipinski definition) is 1. The Kier molecular flexibility index (Phi) is 3.30. The van der Waals surface area contributed by atoms with Crippen LogP contribution in [0.25, 0.3) is 0 Å². The summed E-state index contributed by atoms with van der Waals surface area (Å²) in [6, 6.07) is 7.50. The minimum atomic E-state index is -2.82. The largest absolute Gasteiger partial charge is 0.481 e. The number of sulfone groups is 1. The molecule has 2 atom stereocenters. The predicted octanol–water partition coefficient (Wildman–Crippen LogP) is 0.685. The molecule has 5 nitrogen and oxygen atoms in total. The smallest absolute Gasteiger partial charge is 0.307 e. The third-order valence-electron chi connectivity index (χ3n) is 4.16. The molecule has 0 amide bonds. The van der Waals surface area contributed by atoms with E-state index in [9.17, 15) is 13.2 Å². The number of aliphatic carboxylic acids is 1. The van der Waals surface area contributed by atoms with Crippen LogP contribution in [0.4, 0.5) is 0 Å². The van der Waals surface area contributed by atoms with E-state index in [2.05, 4.69) is 4.90 Å². The van der Waals surface area contributed by atoms with Crippen LogP contribution in [0.2, 0.25) is 0 Å². The standard InChI is InChI=1S/C14H17NO4S/c16-14(17)5-10-1-3-11(4-2-10)7-15-8-12-6-13(9-15)20(12,18)19/h1-4,12-13H,5-9H2,(H,16,17). The van der Waals surface area contributed by atoms with Crippen LogP contribution in [0, 0.1) is 0 Å². The molecule has 3 fully saturated rings. The monoisotopic (exact) mass is 295 g/mol. The third-order valence-corrected chi connectivity index (χ3v) is 6.70. The predicted molar refractivity (Wildman–Crippen MR) is 74.2 cm³/mol. The molecule has 0 spiro atoms. The second kappa shape index (κ2) is 4.86. The highest BCUT2D eigenvalue weighted by Gasteiger charge is 2.51. The first-order valence-corrected chi connectivity index (χ1v) is 8.31. The third kappa shape index (κ3) is 2.45. The molecule has 4 rings (SSSR count). The maximum Gasteiger partial charge on any atom is 0.307 e. The Labute approximate surface area is 118 Å². The minimum Gasteiger partial charge on any atom is -0.481 e. The molecule has 20 heavy (non-hydrogen) atoms. The van der Waals surface area contributed by atoms with Gasteiger partial charge < -0.3 is 5.11 Å². The molecule has 0 radical (unpaired) electrons. The number of hydrogen-bond acceptors (Lipinski definition) is 4. The van der Waals surface area contributed by atoms with E-state index in [1.165, 1.54) is 0 Å². The average molecular weight is 295 g/mol. The van der Waals surface area contributed by atoms with Crippen molar-refractivity contribution >= 4 is 15.8 Å². The van der Waals surface area contributed by atoms with Gasteiger partial charge in [-0.05, 0) is 17.5 Å². The number of carboxylic acid groups (broad SMARTS) is 1. The molecule has 0 saturated carbocycles. The first-order valence-electron chi connectivity index (χ1n) is 6.70. The van der Waals surface area contributed by atoms with Gasteiger partial charge in [-0.1, -0.05) is 24.3 Å². The van der Waals surface area contributed by atoms with Gasteiger partial charge >= 0.3 is 5.97 Å². The summed E-state index contributed by atoms with van der Waals surface area (Å²) in [5.74, 6) is -0.834. The zero-order chi connectivity index (χ0) is 14.3. The molecule has 2 bridgehead atoms. The Hall–Kier alpha value is -1.40. The van der Waals surface area contributed by atoms with Gasteiger partial charge in [0.25, 0.3) is 0 Å². The van der Waals surface area contributed by atoms with Crippen LogP contribution >= 0.6 is 0 Å². The molecule has 3 aliphatic heterocycles. The van der Waals surface area contributed by atoms with E-state index in [0.717, 1.165) is 24.1 Å². The maximum absolute atomic E-state index is 11.7. The van der Waals surface area contributed by atoms with Gasteiger partial charge in [0.15, 0.2) is 9.84 Å². The van der Waals surface area contributed by atoms with Crippen LogP contribution < -0.4 is 0 Å². The number of nitrogens with zero attached hydrogens (tertiary/aromatic N) is 1. The van der Waals surface area contributed by atoms with Crippen LogP contribution in [0.1, 0.15) is 17.5 Å². The number of fused-ring (bicyclic) bond motifs is 2. The second-order valence-electron chi connectivity index (χ2n) is 5.65. The van der Waals surface area contributed by atoms with Gasteiger partial charge in [-0.3, -0.25) is 9.69 Å². The number of benzene rings is 1. The summed E-state index contributed by atoms with van der Waals surface area (Å²) in [5, 5.41) is 8.37. The lowest BCUT2D eigenvalue weighted by Gasteiger charge is -2.46. The van der Waals surface area contributed by atoms with Crippen molar-refractivity contribution in [2.24, 2.45) is 0 Å². The van der Waals surface area contributed by atoms with Crippen LogP contribution in [-0.4, -0.2) is 48.0 Å². The van der Waals surface area contributed by atoms with E-state index in [4.69, 9.17) is 5.11 Å². The summed E-state index contributed by atoms with van der Waals surface area (Å²) >= 11 is 0. The van der Waals surface area contributed by atoms with Crippen LogP contribution in [-0.2, 0) is 27.6 Å². The van der Waals surface area contributed by atoms with E-state index >= 15 is 0 Å². The quantitative estimate of drug-likeness (QED) is 0.884. The Balaban J connectivity index is 1.61. The molecule has 3 saturated heterocycles. The van der Waals surface area contributed by atoms with Crippen molar-refractivity contribution in [1.82, 2.24) is 4.90 Å². The fraction of sp³-hybridized carbons (Fsp3) is 0.500. The van der Waals surface area contributed by atoms with Gasteiger partial charge in [-0.15, -0.1) is 0 Å². The number of rotatable bonds is 4. The van der Waals surface area contributed by atoms with Gasteiger partial charge in [0.1, 0.15) is 0 Å². The van der Waals surface area contributed by atoms with Gasteiger partial charge in [-0.25, -0.2) is 8.42 Å². The van der Waals surface area contributed by atoms with E-state index in [1.807, 2.05) is 24.3 Å². The molecule has 3 heterocycles. The molecule has 3 aliphatic rings. The summed E-state index contributed by atoms with van der Waals surface area (Å²) in [6.07, 6.45) is 0.850. The van der Waals surface area contributed by atoms with E-state index in [1.54, 1.807) is 0 Å². The zero-order valence-corrected chi connectivity index (χ0v) is 11.8. The molecular weight excluding hydrogens is 278 g/mol. The molecule has 1 aromatic carbocycles. The normalized spacial score (nSPS) is 27.8. The molecule has 0 aliphatic carbocycles. The van der Waals surface area contributed by atoms with Crippen LogP contribution in [0.5, 0.6) is 0 Å². The Morgan fingerprint density at radius 1 is 1.15 bits per heavy atom. The van der Waals surface area contributed by atoms with Crippen molar-refractivity contribution in [3.05, 3.63) is 35.4 Å². The molecule has 108 valence electrons. The summed E-state index contributed by atoms with van der Waals surface area (Å²) < 4.78 is 23.4. The van der Waals surface area contributed by atoms with Crippen molar-refractivity contribution < 1.29 is 18.3 Å². The highest BCUT2D eigenvalue weighted by molar-refractivity contribution is 7.94. The maximum atomic E-state index is 11.7. The molecular formula is C14H17NO4S. The molecule has 1 N–H and O–H groups in total. The Morgan fingerprint density at radius 2 is 1.70 bits per heavy atom. The number of carbonyl (C=O) groups is 1. The SMILES string of the molecule is O=C(O)Cc1ccc(CN2CC3CC(C2)S3(=O)=O)cc1. The van der Waals surface area contributed by atoms with Gasteiger partial charge in [0, 0.05) is 19.6 Å². The van der Waals surface area contributed by atoms with Crippen molar-refractivity contribution in [2.45, 2.75) is 29.9 Å². The Morgan fingerprint density at radius 3 is 2.20 bits per heavy atom. The lowest BCUT2D eigenvalue weighted by atomic mass is 10.1. The van der Waals surface area contributed by atoms with Crippen molar-refractivity contribution in [3.8, 4) is 0 Å². The lowest BCUT2D eigenvalue weighted by Crippen LogP contribution is -2.61. The number of carboxylic acids is 1. The molecule has 6 heteroatoms. The summed E-state index contributed by atoms with van der Waals surface area (Å²) in [4.78, 5) is 12.8. The van der Waals surface area contributed by atoms with Crippen molar-refractivity contribution in [1.29, 1.82) is 0 Å². The summed E-state index contributed by atoms with van der Waals surface area (Å²) in [7, 11) is -2.82. The number of piperidine rings is 1. The first kappa shape index (κ1) is 13.6. The van der Waals surface area contributed by atoms with Gasteiger partial charge in [-0.2, -0.15) is 0 Å². The van der Waals surface area contributed by atoms with Gasteiger partial charge in [0.2, 0.25) is 0 Å². The van der Waals surface area contributed by atoms with Gasteiger partial charge in [0.05, 0.1) is 16.9 Å². The Bertz CT molecular complexity index is 605. The average Bonchev–Trinajstić information content (AvgIpc) is 2.40. The summed E-state index contributed by atoms with van der Waals surface area (Å²) in [5.41, 5.74) is 1.88. The van der Waals surface area contributed by atoms with Crippen molar-refractivity contribution in [2.75, 3.05) is 13.1 Å². The fourth-order valence-corrected chi connectivity index (χ4v) is 5.07. The molecule has 2 unspecified atom stereocenters. The van der Waals surface area contributed by atoms with Crippen molar-refractivity contribution in [3.63, 3.8) is 0 Å². The second-order valence-corrected chi connectivity index (χ2v) is 8.16. The molecule has 0 aromatic heterocycles. The first-order chi connectivity index (χ1) is 9.45. The zero-order valence-electron chi connectivity index (χ0n) is 11.0. The fourth-order valence-electron chi connectivity index (χ4n) is 3.04. The van der Waals surface area contributed by atoms with E-state index < -0.39 is 15.8 Å². The van der Waals surface area contributed by atoms with Crippen LogP contribution in [0.15, 0.2) is 24.3 Å². The topological polar surface area (TPSA) is 74.7 Å². The van der Waals surface area contributed by atoms with E-state index in [0.29, 0.717) is 13.1 Å².